The number of nitro groups is 1. The number of halogens is 2. The molecule has 1 N–H and O–H groups in total. The molecular formula is C13H16Cl2N2O2S. The van der Waals surface area contributed by atoms with Gasteiger partial charge in [0.2, 0.25) is 0 Å². The van der Waals surface area contributed by atoms with Gasteiger partial charge in [-0.3, -0.25) is 10.1 Å². The van der Waals surface area contributed by atoms with Crippen molar-refractivity contribution in [1.82, 2.24) is 0 Å². The van der Waals surface area contributed by atoms with Crippen LogP contribution in [0.1, 0.15) is 25.7 Å². The van der Waals surface area contributed by atoms with E-state index in [4.69, 9.17) is 23.2 Å². The normalized spacial score (nSPS) is 17.1. The molecular weight excluding hydrogens is 319 g/mol. The summed E-state index contributed by atoms with van der Waals surface area (Å²) in [6.45, 7) is 0.769. The monoisotopic (exact) mass is 334 g/mol. The van der Waals surface area contributed by atoms with Crippen LogP contribution in [0.2, 0.25) is 10.0 Å². The van der Waals surface area contributed by atoms with Crippen molar-refractivity contribution in [2.45, 2.75) is 30.4 Å². The molecule has 1 aliphatic rings. The summed E-state index contributed by atoms with van der Waals surface area (Å²) in [5.74, 6) is 0. The van der Waals surface area contributed by atoms with Gasteiger partial charge in [-0.2, -0.15) is 11.8 Å². The van der Waals surface area contributed by atoms with Crippen LogP contribution < -0.4 is 5.32 Å². The highest BCUT2D eigenvalue weighted by molar-refractivity contribution is 8.00. The van der Waals surface area contributed by atoms with Crippen LogP contribution in [0.4, 0.5) is 11.4 Å². The Bertz CT molecular complexity index is 496. The van der Waals surface area contributed by atoms with Crippen molar-refractivity contribution < 1.29 is 4.92 Å². The van der Waals surface area contributed by atoms with E-state index in [1.165, 1.54) is 37.8 Å². The second-order valence-electron chi connectivity index (χ2n) is 4.99. The summed E-state index contributed by atoms with van der Waals surface area (Å²) in [5, 5.41) is 14.6. The summed E-state index contributed by atoms with van der Waals surface area (Å²) < 4.78 is 0.217. The largest absolute Gasteiger partial charge is 0.381 e. The number of nitrogens with one attached hydrogen (secondary N) is 1. The fraction of sp³-hybridized carbons (Fsp3) is 0.538. The maximum absolute atomic E-state index is 10.7. The number of hydrogen-bond donors (Lipinski definition) is 1. The molecule has 0 spiro atoms. The summed E-state index contributed by atoms with van der Waals surface area (Å²) in [6.07, 6.45) is 6.94. The van der Waals surface area contributed by atoms with Gasteiger partial charge in [0.15, 0.2) is 0 Å². The molecule has 1 saturated carbocycles. The Hall–Kier alpha value is -0.650. The zero-order valence-electron chi connectivity index (χ0n) is 11.1. The van der Waals surface area contributed by atoms with E-state index in [1.807, 2.05) is 11.8 Å². The van der Waals surface area contributed by atoms with Crippen molar-refractivity contribution >= 4 is 46.3 Å². The lowest BCUT2D eigenvalue weighted by Crippen LogP contribution is -2.30. The number of nitrogens with zero attached hydrogens (tertiary/aromatic N) is 1. The van der Waals surface area contributed by atoms with Crippen molar-refractivity contribution in [3.63, 3.8) is 0 Å². The standard InChI is InChI=1S/C13H16Cl2N2O2S/c1-20-13(4-2-3-5-13)8-16-12-10(14)6-9(17(18)19)7-11(12)15/h6-7,16H,2-5,8H2,1H3. The van der Waals surface area contributed by atoms with E-state index in [0.29, 0.717) is 15.7 Å². The number of benzene rings is 1. The molecule has 2 rings (SSSR count). The summed E-state index contributed by atoms with van der Waals surface area (Å²) in [7, 11) is 0. The molecule has 0 aliphatic heterocycles. The average molecular weight is 335 g/mol. The SMILES string of the molecule is CSC1(CNc2c(Cl)cc([N+](=O)[O-])cc2Cl)CCCC1. The fourth-order valence-corrected chi connectivity index (χ4v) is 4.08. The first-order valence-corrected chi connectivity index (χ1v) is 8.38. The number of hydrogen-bond acceptors (Lipinski definition) is 4. The Morgan fingerprint density at radius 1 is 1.35 bits per heavy atom. The Kier molecular flexibility index (Phi) is 5.04. The van der Waals surface area contributed by atoms with Gasteiger partial charge in [0, 0.05) is 23.4 Å². The van der Waals surface area contributed by atoms with Crippen molar-refractivity contribution in [2.75, 3.05) is 18.1 Å². The molecule has 0 saturated heterocycles. The molecule has 7 heteroatoms. The zero-order valence-corrected chi connectivity index (χ0v) is 13.4. The topological polar surface area (TPSA) is 55.2 Å². The van der Waals surface area contributed by atoms with E-state index in [1.54, 1.807) is 0 Å². The second-order valence-corrected chi connectivity index (χ2v) is 7.08. The lowest BCUT2D eigenvalue weighted by Gasteiger charge is -2.28. The van der Waals surface area contributed by atoms with Crippen LogP contribution in [0.15, 0.2) is 12.1 Å². The second kappa shape index (κ2) is 6.41. The minimum atomic E-state index is -0.498. The molecule has 4 nitrogen and oxygen atoms in total. The van der Waals surface area contributed by atoms with Crippen molar-refractivity contribution in [3.05, 3.63) is 32.3 Å². The maximum atomic E-state index is 10.7. The Morgan fingerprint density at radius 3 is 2.35 bits per heavy atom. The predicted octanol–water partition coefficient (Wildman–Crippen LogP) is 4.99. The molecule has 1 aromatic carbocycles. The summed E-state index contributed by atoms with van der Waals surface area (Å²) in [5.41, 5.74) is 0.491. The van der Waals surface area contributed by atoms with Gasteiger partial charge in [0.25, 0.3) is 5.69 Å². The fourth-order valence-electron chi connectivity index (χ4n) is 2.56. The minimum Gasteiger partial charge on any atom is -0.381 e. The molecule has 0 heterocycles. The van der Waals surface area contributed by atoms with E-state index in [2.05, 4.69) is 11.6 Å². The van der Waals surface area contributed by atoms with E-state index in [-0.39, 0.29) is 10.4 Å². The number of anilines is 1. The highest BCUT2D eigenvalue weighted by atomic mass is 35.5. The molecule has 110 valence electrons. The molecule has 20 heavy (non-hydrogen) atoms. The minimum absolute atomic E-state index is 0.0917. The highest BCUT2D eigenvalue weighted by Gasteiger charge is 2.33. The molecule has 0 amide bonds. The van der Waals surface area contributed by atoms with Gasteiger partial charge in [-0.25, -0.2) is 0 Å². The van der Waals surface area contributed by atoms with E-state index in [0.717, 1.165) is 6.54 Å². The van der Waals surface area contributed by atoms with E-state index >= 15 is 0 Å². The lowest BCUT2D eigenvalue weighted by molar-refractivity contribution is -0.384. The molecule has 1 fully saturated rings. The first-order valence-electron chi connectivity index (χ1n) is 6.40. The van der Waals surface area contributed by atoms with Gasteiger partial charge in [-0.05, 0) is 19.1 Å². The van der Waals surface area contributed by atoms with Crippen LogP contribution in [-0.4, -0.2) is 22.5 Å². The molecule has 0 radical (unpaired) electrons. The Morgan fingerprint density at radius 2 is 1.90 bits per heavy atom. The third-order valence-corrected chi connectivity index (χ3v) is 5.79. The van der Waals surface area contributed by atoms with Gasteiger partial charge >= 0.3 is 0 Å². The highest BCUT2D eigenvalue weighted by Crippen LogP contribution is 2.42. The third kappa shape index (κ3) is 3.32. The van der Waals surface area contributed by atoms with Crippen LogP contribution in [-0.2, 0) is 0 Å². The van der Waals surface area contributed by atoms with Gasteiger partial charge < -0.3 is 5.32 Å². The number of thioether (sulfide) groups is 1. The molecule has 1 aromatic rings. The molecule has 1 aliphatic carbocycles. The van der Waals surface area contributed by atoms with Gasteiger partial charge in [0.1, 0.15) is 0 Å². The maximum Gasteiger partial charge on any atom is 0.272 e. The third-order valence-electron chi connectivity index (χ3n) is 3.77. The summed E-state index contributed by atoms with van der Waals surface area (Å²) >= 11 is 14.1. The van der Waals surface area contributed by atoms with Crippen LogP contribution >= 0.6 is 35.0 Å². The van der Waals surface area contributed by atoms with Crippen LogP contribution in [0.25, 0.3) is 0 Å². The van der Waals surface area contributed by atoms with Crippen molar-refractivity contribution in [1.29, 1.82) is 0 Å². The molecule has 0 bridgehead atoms. The summed E-state index contributed by atoms with van der Waals surface area (Å²) in [4.78, 5) is 10.2. The number of rotatable bonds is 5. The van der Waals surface area contributed by atoms with Gasteiger partial charge in [0.05, 0.1) is 20.7 Å². The molecule has 0 aromatic heterocycles. The van der Waals surface area contributed by atoms with Crippen molar-refractivity contribution in [2.24, 2.45) is 0 Å². The number of non-ortho nitro benzene ring substituents is 1. The molecule has 0 atom stereocenters. The first-order chi connectivity index (χ1) is 9.47. The zero-order chi connectivity index (χ0) is 14.8. The van der Waals surface area contributed by atoms with Crippen LogP contribution in [0.3, 0.4) is 0 Å². The molecule has 0 unspecified atom stereocenters. The smallest absolute Gasteiger partial charge is 0.272 e. The first kappa shape index (κ1) is 15.7. The predicted molar refractivity (Wildman–Crippen MR) is 86.3 cm³/mol. The van der Waals surface area contributed by atoms with E-state index < -0.39 is 4.92 Å². The lowest BCUT2D eigenvalue weighted by atomic mass is 10.1. The van der Waals surface area contributed by atoms with Crippen LogP contribution in [0.5, 0.6) is 0 Å². The Balaban J connectivity index is 2.15. The Labute approximate surface area is 132 Å². The van der Waals surface area contributed by atoms with E-state index in [9.17, 15) is 10.1 Å². The summed E-state index contributed by atoms with van der Waals surface area (Å²) in [6, 6.07) is 2.66. The van der Waals surface area contributed by atoms with Crippen molar-refractivity contribution in [3.8, 4) is 0 Å². The number of nitro benzene ring substituents is 1. The average Bonchev–Trinajstić information content (AvgIpc) is 2.87. The van der Waals surface area contributed by atoms with Gasteiger partial charge in [-0.1, -0.05) is 36.0 Å². The van der Waals surface area contributed by atoms with Gasteiger partial charge in [-0.15, -0.1) is 0 Å². The quantitative estimate of drug-likeness (QED) is 0.608. The van der Waals surface area contributed by atoms with Crippen LogP contribution in [0, 0.1) is 10.1 Å².